The Bertz CT molecular complexity index is 638. The summed E-state index contributed by atoms with van der Waals surface area (Å²) in [6.45, 7) is 4.42. The minimum absolute atomic E-state index is 0.0166. The van der Waals surface area contributed by atoms with Gasteiger partial charge in [0, 0.05) is 19.3 Å². The molecular weight excluding hydrogens is 342 g/mol. The first-order chi connectivity index (χ1) is 12.2. The van der Waals surface area contributed by atoms with Crippen molar-refractivity contribution < 1.29 is 14.6 Å². The fraction of sp³-hybridized carbons (Fsp3) is 0.562. The summed E-state index contributed by atoms with van der Waals surface area (Å²) in [6, 6.07) is 5.86. The van der Waals surface area contributed by atoms with Gasteiger partial charge in [-0.25, -0.2) is 4.68 Å². The van der Waals surface area contributed by atoms with E-state index in [1.54, 1.807) is 16.4 Å². The van der Waals surface area contributed by atoms with Gasteiger partial charge in [0.1, 0.15) is 6.61 Å². The SMILES string of the molecule is CCOc1cc(CNCCCSc2nnnn2C)ccc1OCCO. The molecule has 0 aliphatic rings. The van der Waals surface area contributed by atoms with Gasteiger partial charge in [-0.15, -0.1) is 5.10 Å². The first kappa shape index (κ1) is 19.5. The molecule has 2 aromatic rings. The third kappa shape index (κ3) is 6.52. The fourth-order valence-corrected chi connectivity index (χ4v) is 2.93. The van der Waals surface area contributed by atoms with Crippen molar-refractivity contribution in [1.29, 1.82) is 0 Å². The van der Waals surface area contributed by atoms with Crippen LogP contribution in [0.4, 0.5) is 0 Å². The summed E-state index contributed by atoms with van der Waals surface area (Å²) in [5, 5.41) is 24.5. The van der Waals surface area contributed by atoms with E-state index in [2.05, 4.69) is 20.8 Å². The molecule has 9 heteroatoms. The highest BCUT2D eigenvalue weighted by molar-refractivity contribution is 7.99. The van der Waals surface area contributed by atoms with Gasteiger partial charge in [-0.2, -0.15) is 0 Å². The van der Waals surface area contributed by atoms with Crippen LogP contribution in [0.2, 0.25) is 0 Å². The standard InChI is InChI=1S/C16H25N5O3S/c1-3-23-15-11-13(5-6-14(15)24-9-8-22)12-17-7-4-10-25-16-18-19-20-21(16)2/h5-6,11,17,22H,3-4,7-10,12H2,1-2H3. The molecule has 0 unspecified atom stereocenters. The van der Waals surface area contributed by atoms with Gasteiger partial charge in [0.15, 0.2) is 11.5 Å². The Kier molecular flexibility index (Phi) is 8.50. The van der Waals surface area contributed by atoms with Gasteiger partial charge < -0.3 is 19.9 Å². The third-order valence-electron chi connectivity index (χ3n) is 3.30. The van der Waals surface area contributed by atoms with E-state index in [-0.39, 0.29) is 13.2 Å². The molecule has 0 aliphatic heterocycles. The van der Waals surface area contributed by atoms with Gasteiger partial charge in [0.05, 0.1) is 13.2 Å². The maximum absolute atomic E-state index is 8.88. The van der Waals surface area contributed by atoms with Crippen LogP contribution in [0.25, 0.3) is 0 Å². The van der Waals surface area contributed by atoms with Gasteiger partial charge in [0.25, 0.3) is 0 Å². The highest BCUT2D eigenvalue weighted by Gasteiger charge is 2.07. The number of thioether (sulfide) groups is 1. The van der Waals surface area contributed by atoms with Crippen LogP contribution < -0.4 is 14.8 Å². The fourth-order valence-electron chi connectivity index (χ4n) is 2.14. The van der Waals surface area contributed by atoms with Crippen molar-refractivity contribution >= 4 is 11.8 Å². The number of tetrazole rings is 1. The number of benzene rings is 1. The Hall–Kier alpha value is -1.84. The molecule has 2 rings (SSSR count). The van der Waals surface area contributed by atoms with Crippen LogP contribution in [0.15, 0.2) is 23.4 Å². The Morgan fingerprint density at radius 1 is 1.28 bits per heavy atom. The zero-order valence-corrected chi connectivity index (χ0v) is 15.5. The number of aryl methyl sites for hydroxylation is 1. The first-order valence-corrected chi connectivity index (χ1v) is 9.28. The van der Waals surface area contributed by atoms with Gasteiger partial charge in [-0.1, -0.05) is 17.8 Å². The number of aliphatic hydroxyl groups excluding tert-OH is 1. The van der Waals surface area contributed by atoms with Crippen LogP contribution in [-0.4, -0.2) is 57.4 Å². The lowest BCUT2D eigenvalue weighted by Crippen LogP contribution is -2.15. The summed E-state index contributed by atoms with van der Waals surface area (Å²) in [7, 11) is 1.84. The molecule has 0 atom stereocenters. The zero-order valence-electron chi connectivity index (χ0n) is 14.6. The minimum Gasteiger partial charge on any atom is -0.490 e. The maximum atomic E-state index is 8.88. The number of ether oxygens (including phenoxy) is 2. The molecule has 138 valence electrons. The molecule has 8 nitrogen and oxygen atoms in total. The second-order valence-electron chi connectivity index (χ2n) is 5.25. The Balaban J connectivity index is 1.72. The third-order valence-corrected chi connectivity index (χ3v) is 4.39. The predicted octanol–water partition coefficient (Wildman–Crippen LogP) is 1.25. The molecule has 0 saturated carbocycles. The number of hydrogen-bond donors (Lipinski definition) is 2. The van der Waals surface area contributed by atoms with E-state index in [0.717, 1.165) is 36.0 Å². The number of nitrogens with one attached hydrogen (secondary N) is 1. The number of aliphatic hydroxyl groups is 1. The molecule has 0 fully saturated rings. The van der Waals surface area contributed by atoms with E-state index in [0.29, 0.717) is 18.1 Å². The van der Waals surface area contributed by atoms with Crippen molar-refractivity contribution in [2.75, 3.05) is 32.1 Å². The smallest absolute Gasteiger partial charge is 0.209 e. The normalized spacial score (nSPS) is 10.8. The first-order valence-electron chi connectivity index (χ1n) is 8.29. The quantitative estimate of drug-likeness (QED) is 0.428. The van der Waals surface area contributed by atoms with Crippen LogP contribution in [0.5, 0.6) is 11.5 Å². The largest absolute Gasteiger partial charge is 0.490 e. The van der Waals surface area contributed by atoms with Gasteiger partial charge >= 0.3 is 0 Å². The van der Waals surface area contributed by atoms with Crippen LogP contribution in [0, 0.1) is 0 Å². The Labute approximate surface area is 151 Å². The molecule has 0 bridgehead atoms. The van der Waals surface area contributed by atoms with Crippen LogP contribution in [0.1, 0.15) is 18.9 Å². The summed E-state index contributed by atoms with van der Waals surface area (Å²) in [6.07, 6.45) is 1.02. The number of nitrogens with zero attached hydrogens (tertiary/aromatic N) is 4. The molecule has 1 aromatic heterocycles. The predicted molar refractivity (Wildman–Crippen MR) is 96.0 cm³/mol. The van der Waals surface area contributed by atoms with Crippen molar-refractivity contribution in [3.63, 3.8) is 0 Å². The topological polar surface area (TPSA) is 94.3 Å². The van der Waals surface area contributed by atoms with Crippen LogP contribution in [0.3, 0.4) is 0 Å². The van der Waals surface area contributed by atoms with Crippen LogP contribution in [-0.2, 0) is 13.6 Å². The average molecular weight is 367 g/mol. The van der Waals surface area contributed by atoms with Crippen molar-refractivity contribution in [2.45, 2.75) is 25.0 Å². The summed E-state index contributed by atoms with van der Waals surface area (Å²) in [5.41, 5.74) is 1.13. The van der Waals surface area contributed by atoms with E-state index < -0.39 is 0 Å². The number of hydrogen-bond acceptors (Lipinski definition) is 8. The summed E-state index contributed by atoms with van der Waals surface area (Å²) in [5.74, 6) is 2.33. The van der Waals surface area contributed by atoms with Gasteiger partial charge in [-0.05, 0) is 48.0 Å². The Morgan fingerprint density at radius 3 is 2.88 bits per heavy atom. The van der Waals surface area contributed by atoms with Crippen LogP contribution >= 0.6 is 11.8 Å². The molecule has 1 heterocycles. The van der Waals surface area contributed by atoms with Gasteiger partial charge in [-0.3, -0.25) is 0 Å². The molecule has 0 saturated heterocycles. The molecule has 0 amide bonds. The van der Waals surface area contributed by atoms with Crippen molar-refractivity contribution in [2.24, 2.45) is 7.05 Å². The number of rotatable bonds is 12. The lowest BCUT2D eigenvalue weighted by Gasteiger charge is -2.13. The average Bonchev–Trinajstić information content (AvgIpc) is 3.02. The second-order valence-corrected chi connectivity index (χ2v) is 6.31. The summed E-state index contributed by atoms with van der Waals surface area (Å²) < 4.78 is 12.8. The molecule has 2 N–H and O–H groups in total. The number of aromatic nitrogens is 4. The molecule has 1 aromatic carbocycles. The Morgan fingerprint density at radius 2 is 2.16 bits per heavy atom. The molecule has 0 spiro atoms. The molecule has 0 radical (unpaired) electrons. The monoisotopic (exact) mass is 367 g/mol. The molecular formula is C16H25N5O3S. The second kappa shape index (κ2) is 10.9. The maximum Gasteiger partial charge on any atom is 0.209 e. The van der Waals surface area contributed by atoms with E-state index in [9.17, 15) is 0 Å². The summed E-state index contributed by atoms with van der Waals surface area (Å²) >= 11 is 1.65. The van der Waals surface area contributed by atoms with E-state index in [4.69, 9.17) is 14.6 Å². The summed E-state index contributed by atoms with van der Waals surface area (Å²) in [4.78, 5) is 0. The lowest BCUT2D eigenvalue weighted by atomic mass is 10.2. The zero-order chi connectivity index (χ0) is 17.9. The highest BCUT2D eigenvalue weighted by atomic mass is 32.2. The lowest BCUT2D eigenvalue weighted by molar-refractivity contribution is 0.194. The van der Waals surface area contributed by atoms with Crippen molar-refractivity contribution in [3.8, 4) is 11.5 Å². The van der Waals surface area contributed by atoms with Crippen molar-refractivity contribution in [1.82, 2.24) is 25.5 Å². The van der Waals surface area contributed by atoms with Crippen molar-refractivity contribution in [3.05, 3.63) is 23.8 Å². The van der Waals surface area contributed by atoms with Gasteiger partial charge in [0.2, 0.25) is 5.16 Å². The molecule has 25 heavy (non-hydrogen) atoms. The van der Waals surface area contributed by atoms with E-state index in [1.165, 1.54) is 0 Å². The highest BCUT2D eigenvalue weighted by Crippen LogP contribution is 2.28. The molecule has 0 aliphatic carbocycles. The minimum atomic E-state index is -0.0166. The van der Waals surface area contributed by atoms with E-state index in [1.807, 2.05) is 32.2 Å². The van der Waals surface area contributed by atoms with E-state index >= 15 is 0 Å².